The van der Waals surface area contributed by atoms with Crippen molar-refractivity contribution in [3.05, 3.63) is 56.6 Å². The minimum Gasteiger partial charge on any atom is -0.506 e. The second-order valence-corrected chi connectivity index (χ2v) is 5.15. The molecule has 0 radical (unpaired) electrons. The standard InChI is InChI=1S/C13H11ClINO/c14-10-5-3-4-9(13(10)17)8-16-12-7-2-1-6-11(12)15/h1-7,16-17H,8H2. The largest absolute Gasteiger partial charge is 0.506 e. The van der Waals surface area contributed by atoms with Gasteiger partial charge in [0.25, 0.3) is 0 Å². The van der Waals surface area contributed by atoms with Crippen LogP contribution in [0.1, 0.15) is 5.56 Å². The van der Waals surface area contributed by atoms with E-state index in [-0.39, 0.29) is 5.75 Å². The molecular formula is C13H11ClINO. The third-order valence-electron chi connectivity index (χ3n) is 2.41. The smallest absolute Gasteiger partial charge is 0.139 e. The molecule has 0 fully saturated rings. The first-order valence-electron chi connectivity index (χ1n) is 5.13. The lowest BCUT2D eigenvalue weighted by Gasteiger charge is -2.10. The fraction of sp³-hybridized carbons (Fsp3) is 0.0769. The Morgan fingerprint density at radius 2 is 1.88 bits per heavy atom. The van der Waals surface area contributed by atoms with Crippen LogP contribution < -0.4 is 5.32 Å². The molecule has 0 aliphatic carbocycles. The van der Waals surface area contributed by atoms with Gasteiger partial charge in [-0.2, -0.15) is 0 Å². The number of rotatable bonds is 3. The first-order valence-corrected chi connectivity index (χ1v) is 6.59. The van der Waals surface area contributed by atoms with E-state index in [0.717, 1.165) is 14.8 Å². The fourth-order valence-electron chi connectivity index (χ4n) is 1.50. The summed E-state index contributed by atoms with van der Waals surface area (Å²) in [4.78, 5) is 0. The Kier molecular flexibility index (Phi) is 4.12. The van der Waals surface area contributed by atoms with Crippen LogP contribution in [0.2, 0.25) is 5.02 Å². The lowest BCUT2D eigenvalue weighted by molar-refractivity contribution is 0.469. The summed E-state index contributed by atoms with van der Waals surface area (Å²) in [6.07, 6.45) is 0. The molecule has 0 heterocycles. The molecule has 0 aliphatic rings. The summed E-state index contributed by atoms with van der Waals surface area (Å²) >= 11 is 8.12. The molecule has 0 saturated heterocycles. The molecule has 0 atom stereocenters. The van der Waals surface area contributed by atoms with E-state index in [1.807, 2.05) is 36.4 Å². The molecule has 0 amide bonds. The molecule has 2 aromatic rings. The summed E-state index contributed by atoms with van der Waals surface area (Å²) in [5.74, 6) is 0.146. The number of anilines is 1. The highest BCUT2D eigenvalue weighted by Crippen LogP contribution is 2.28. The van der Waals surface area contributed by atoms with Crippen LogP contribution in [0.5, 0.6) is 5.75 Å². The van der Waals surface area contributed by atoms with Gasteiger partial charge in [0.2, 0.25) is 0 Å². The Hall–Kier alpha value is -0.940. The van der Waals surface area contributed by atoms with Gasteiger partial charge in [0.15, 0.2) is 0 Å². The van der Waals surface area contributed by atoms with E-state index in [1.165, 1.54) is 0 Å². The van der Waals surface area contributed by atoms with E-state index in [9.17, 15) is 5.11 Å². The van der Waals surface area contributed by atoms with Crippen LogP contribution in [-0.4, -0.2) is 5.11 Å². The van der Waals surface area contributed by atoms with Gasteiger partial charge in [0.05, 0.1) is 5.02 Å². The minimum absolute atomic E-state index is 0.146. The number of nitrogens with one attached hydrogen (secondary N) is 1. The zero-order valence-electron chi connectivity index (χ0n) is 8.95. The second-order valence-electron chi connectivity index (χ2n) is 3.58. The molecule has 0 unspecified atom stereocenters. The normalized spacial score (nSPS) is 10.2. The monoisotopic (exact) mass is 359 g/mol. The fourth-order valence-corrected chi connectivity index (χ4v) is 2.27. The third-order valence-corrected chi connectivity index (χ3v) is 3.66. The first kappa shape index (κ1) is 12.5. The van der Waals surface area contributed by atoms with Crippen molar-refractivity contribution in [1.82, 2.24) is 0 Å². The summed E-state index contributed by atoms with van der Waals surface area (Å²) < 4.78 is 1.15. The van der Waals surface area contributed by atoms with E-state index in [2.05, 4.69) is 27.9 Å². The van der Waals surface area contributed by atoms with E-state index < -0.39 is 0 Å². The highest BCUT2D eigenvalue weighted by Gasteiger charge is 2.05. The molecule has 17 heavy (non-hydrogen) atoms. The zero-order chi connectivity index (χ0) is 12.3. The molecule has 0 spiro atoms. The van der Waals surface area contributed by atoms with Gasteiger partial charge in [-0.05, 0) is 40.8 Å². The van der Waals surface area contributed by atoms with Crippen LogP contribution in [0, 0.1) is 3.57 Å². The zero-order valence-corrected chi connectivity index (χ0v) is 11.9. The van der Waals surface area contributed by atoms with Crippen molar-refractivity contribution in [2.24, 2.45) is 0 Å². The third kappa shape index (κ3) is 3.04. The van der Waals surface area contributed by atoms with Crippen LogP contribution in [0.3, 0.4) is 0 Å². The van der Waals surface area contributed by atoms with Gasteiger partial charge in [-0.25, -0.2) is 0 Å². The van der Waals surface area contributed by atoms with Crippen molar-refractivity contribution in [3.8, 4) is 5.75 Å². The second kappa shape index (κ2) is 5.60. The van der Waals surface area contributed by atoms with Crippen molar-refractivity contribution in [1.29, 1.82) is 0 Å². The number of hydrogen-bond acceptors (Lipinski definition) is 2. The first-order chi connectivity index (χ1) is 8.18. The predicted octanol–water partition coefficient (Wildman–Crippen LogP) is 4.26. The molecular weight excluding hydrogens is 349 g/mol. The van der Waals surface area contributed by atoms with Crippen LogP contribution in [0.15, 0.2) is 42.5 Å². The lowest BCUT2D eigenvalue weighted by atomic mass is 10.2. The number of phenols is 1. The van der Waals surface area contributed by atoms with Crippen LogP contribution >= 0.6 is 34.2 Å². The van der Waals surface area contributed by atoms with E-state index in [4.69, 9.17) is 11.6 Å². The molecule has 0 aromatic heterocycles. The molecule has 4 heteroatoms. The lowest BCUT2D eigenvalue weighted by Crippen LogP contribution is -2.01. The average molecular weight is 360 g/mol. The van der Waals surface area contributed by atoms with E-state index >= 15 is 0 Å². The molecule has 0 aliphatic heterocycles. The average Bonchev–Trinajstić information content (AvgIpc) is 2.33. The topological polar surface area (TPSA) is 32.3 Å². The van der Waals surface area contributed by atoms with Crippen molar-refractivity contribution in [3.63, 3.8) is 0 Å². The molecule has 2 N–H and O–H groups in total. The minimum atomic E-state index is 0.146. The SMILES string of the molecule is Oc1c(Cl)cccc1CNc1ccccc1I. The van der Waals surface area contributed by atoms with E-state index in [1.54, 1.807) is 6.07 Å². The number of phenolic OH excluding ortho intramolecular Hbond substituents is 1. The van der Waals surface area contributed by atoms with Gasteiger partial charge in [0, 0.05) is 21.4 Å². The molecule has 88 valence electrons. The molecule has 0 bridgehead atoms. The number of halogens is 2. The van der Waals surface area contributed by atoms with Gasteiger partial charge in [-0.1, -0.05) is 35.9 Å². The Morgan fingerprint density at radius 1 is 1.12 bits per heavy atom. The summed E-state index contributed by atoms with van der Waals surface area (Å²) in [7, 11) is 0. The van der Waals surface area contributed by atoms with Gasteiger partial charge >= 0.3 is 0 Å². The van der Waals surface area contributed by atoms with Crippen molar-refractivity contribution < 1.29 is 5.11 Å². The van der Waals surface area contributed by atoms with Crippen LogP contribution in [0.25, 0.3) is 0 Å². The number of hydrogen-bond donors (Lipinski definition) is 2. The molecule has 2 rings (SSSR count). The van der Waals surface area contributed by atoms with Gasteiger partial charge < -0.3 is 10.4 Å². The molecule has 2 nitrogen and oxygen atoms in total. The summed E-state index contributed by atoms with van der Waals surface area (Å²) in [6, 6.07) is 13.3. The van der Waals surface area contributed by atoms with Crippen molar-refractivity contribution >= 4 is 39.9 Å². The van der Waals surface area contributed by atoms with Gasteiger partial charge in [0.1, 0.15) is 5.75 Å². The van der Waals surface area contributed by atoms with Crippen molar-refractivity contribution in [2.45, 2.75) is 6.54 Å². The Morgan fingerprint density at radius 3 is 2.65 bits per heavy atom. The van der Waals surface area contributed by atoms with Crippen LogP contribution in [0.4, 0.5) is 5.69 Å². The van der Waals surface area contributed by atoms with Gasteiger partial charge in [-0.15, -0.1) is 0 Å². The highest BCUT2D eigenvalue weighted by molar-refractivity contribution is 14.1. The van der Waals surface area contributed by atoms with Crippen molar-refractivity contribution in [2.75, 3.05) is 5.32 Å². The maximum Gasteiger partial charge on any atom is 0.139 e. The maximum atomic E-state index is 9.77. The summed E-state index contributed by atoms with van der Waals surface area (Å²) in [5, 5.41) is 13.4. The maximum absolute atomic E-state index is 9.77. The number of aromatic hydroxyl groups is 1. The Bertz CT molecular complexity index is 531. The van der Waals surface area contributed by atoms with Gasteiger partial charge in [-0.3, -0.25) is 0 Å². The number of para-hydroxylation sites is 2. The summed E-state index contributed by atoms with van der Waals surface area (Å²) in [6.45, 7) is 0.548. The predicted molar refractivity (Wildman–Crippen MR) is 79.6 cm³/mol. The molecule has 2 aromatic carbocycles. The highest BCUT2D eigenvalue weighted by atomic mass is 127. The molecule has 0 saturated carbocycles. The Labute approximate surface area is 119 Å². The summed E-state index contributed by atoms with van der Waals surface area (Å²) in [5.41, 5.74) is 1.84. The number of benzene rings is 2. The quantitative estimate of drug-likeness (QED) is 0.803. The Balaban J connectivity index is 2.13. The van der Waals surface area contributed by atoms with E-state index in [0.29, 0.717) is 11.6 Å². The van der Waals surface area contributed by atoms with Crippen LogP contribution in [-0.2, 0) is 6.54 Å².